The Balaban J connectivity index is 0.000000980. The predicted molar refractivity (Wildman–Crippen MR) is 68.5 cm³/mol. The Morgan fingerprint density at radius 1 is 0.533 bits per heavy atom. The van der Waals surface area contributed by atoms with E-state index in [1.165, 1.54) is 9.79 Å². The molecule has 0 saturated heterocycles. The van der Waals surface area contributed by atoms with E-state index in [9.17, 15) is 0 Å². The topological polar surface area (TPSA) is 0 Å². The third-order valence-electron chi connectivity index (χ3n) is 1.72. The van der Waals surface area contributed by atoms with Crippen LogP contribution in [0.2, 0.25) is 0 Å². The molecule has 0 saturated carbocycles. The van der Waals surface area contributed by atoms with Crippen LogP contribution in [0.5, 0.6) is 0 Å². The van der Waals surface area contributed by atoms with Gasteiger partial charge in [0, 0.05) is 68.9 Å². The Morgan fingerprint density at radius 2 is 0.867 bits per heavy atom. The summed E-state index contributed by atoms with van der Waals surface area (Å²) in [5, 5.41) is 0. The molecule has 2 radical (unpaired) electrons. The quantitative estimate of drug-likeness (QED) is 0.717. The van der Waals surface area contributed by atoms with Crippen molar-refractivity contribution >= 4 is 70.9 Å². The monoisotopic (exact) mass is 232 g/mol. The third kappa shape index (κ3) is 5.60. The number of rotatable bonds is 2. The van der Waals surface area contributed by atoms with E-state index in [2.05, 4.69) is 48.5 Å². The SMILES string of the molecule is [Na].[Na].c1ccc(Sc2ccccc2)cc1. The van der Waals surface area contributed by atoms with E-state index < -0.39 is 0 Å². The van der Waals surface area contributed by atoms with E-state index in [-0.39, 0.29) is 59.1 Å². The molecule has 0 aromatic heterocycles. The molecule has 0 atom stereocenters. The molecule has 0 aliphatic rings. The zero-order chi connectivity index (χ0) is 8.93. The molecule has 0 heterocycles. The van der Waals surface area contributed by atoms with Crippen molar-refractivity contribution in [2.45, 2.75) is 9.79 Å². The molecule has 2 aromatic carbocycles. The molecule has 0 spiro atoms. The fourth-order valence-electron chi connectivity index (χ4n) is 1.11. The molecule has 0 amide bonds. The Labute approximate surface area is 139 Å². The molecule has 0 nitrogen and oxygen atoms in total. The molecule has 15 heavy (non-hydrogen) atoms. The summed E-state index contributed by atoms with van der Waals surface area (Å²) in [5.74, 6) is 0. The molecule has 2 rings (SSSR count). The first-order chi connectivity index (χ1) is 6.45. The van der Waals surface area contributed by atoms with Crippen LogP contribution in [0.25, 0.3) is 0 Å². The summed E-state index contributed by atoms with van der Waals surface area (Å²) < 4.78 is 0. The van der Waals surface area contributed by atoms with Crippen LogP contribution in [0.3, 0.4) is 0 Å². The molecule has 3 heteroatoms. The van der Waals surface area contributed by atoms with Gasteiger partial charge in [0.2, 0.25) is 0 Å². The van der Waals surface area contributed by atoms with E-state index in [1.807, 2.05) is 12.1 Å². The molecule has 0 bridgehead atoms. The van der Waals surface area contributed by atoms with Gasteiger partial charge < -0.3 is 0 Å². The van der Waals surface area contributed by atoms with Crippen molar-refractivity contribution in [2.24, 2.45) is 0 Å². The minimum atomic E-state index is 0. The zero-order valence-corrected chi connectivity index (χ0v) is 14.0. The first kappa shape index (κ1) is 15.8. The van der Waals surface area contributed by atoms with Crippen LogP contribution in [0.4, 0.5) is 0 Å². The van der Waals surface area contributed by atoms with Crippen molar-refractivity contribution in [1.29, 1.82) is 0 Å². The summed E-state index contributed by atoms with van der Waals surface area (Å²) in [6.07, 6.45) is 0. The van der Waals surface area contributed by atoms with Crippen LogP contribution in [0.1, 0.15) is 0 Å². The molecule has 0 aliphatic heterocycles. The molecule has 66 valence electrons. The van der Waals surface area contributed by atoms with Gasteiger partial charge in [-0.15, -0.1) is 0 Å². The summed E-state index contributed by atoms with van der Waals surface area (Å²) in [4.78, 5) is 2.57. The van der Waals surface area contributed by atoms with Gasteiger partial charge in [-0.3, -0.25) is 0 Å². The maximum atomic E-state index is 2.12. The second-order valence-electron chi connectivity index (χ2n) is 2.73. The maximum Gasteiger partial charge on any atom is 0.0122 e. The van der Waals surface area contributed by atoms with Gasteiger partial charge in [0.05, 0.1) is 0 Å². The molecule has 0 fully saturated rings. The molecular formula is C12H10Na2S. The summed E-state index contributed by atoms with van der Waals surface area (Å²) in [7, 11) is 0. The molecule has 0 aliphatic carbocycles. The van der Waals surface area contributed by atoms with Gasteiger partial charge in [-0.25, -0.2) is 0 Å². The van der Waals surface area contributed by atoms with Gasteiger partial charge in [0.1, 0.15) is 0 Å². The largest absolute Gasteiger partial charge is 0.0901 e. The van der Waals surface area contributed by atoms with Crippen molar-refractivity contribution in [3.05, 3.63) is 60.7 Å². The molecular weight excluding hydrogens is 222 g/mol. The van der Waals surface area contributed by atoms with Crippen molar-refractivity contribution < 1.29 is 0 Å². The van der Waals surface area contributed by atoms with Gasteiger partial charge in [0.15, 0.2) is 0 Å². The van der Waals surface area contributed by atoms with Crippen LogP contribution < -0.4 is 0 Å². The normalized spacial score (nSPS) is 8.53. The van der Waals surface area contributed by atoms with E-state index in [0.717, 1.165) is 0 Å². The van der Waals surface area contributed by atoms with E-state index in [1.54, 1.807) is 11.8 Å². The van der Waals surface area contributed by atoms with Crippen molar-refractivity contribution in [3.8, 4) is 0 Å². The number of hydrogen-bond donors (Lipinski definition) is 0. The summed E-state index contributed by atoms with van der Waals surface area (Å²) in [6, 6.07) is 20.8. The zero-order valence-electron chi connectivity index (χ0n) is 9.18. The number of benzene rings is 2. The van der Waals surface area contributed by atoms with Gasteiger partial charge in [-0.1, -0.05) is 48.2 Å². The smallest absolute Gasteiger partial charge is 0.0122 e. The standard InChI is InChI=1S/C12H10S.2Na/c1-3-7-11(8-4-1)13-12-9-5-2-6-10-12;;/h1-10H;;. The van der Waals surface area contributed by atoms with Gasteiger partial charge in [-0.2, -0.15) is 0 Å². The van der Waals surface area contributed by atoms with Crippen molar-refractivity contribution in [1.82, 2.24) is 0 Å². The Bertz CT molecular complexity index is 324. The maximum absolute atomic E-state index is 2.12. The fourth-order valence-corrected chi connectivity index (χ4v) is 1.97. The second-order valence-corrected chi connectivity index (χ2v) is 3.88. The van der Waals surface area contributed by atoms with Gasteiger partial charge >= 0.3 is 0 Å². The Hall–Kier alpha value is 0.790. The predicted octanol–water partition coefficient (Wildman–Crippen LogP) is 3.08. The molecule has 0 unspecified atom stereocenters. The van der Waals surface area contributed by atoms with Crippen LogP contribution in [0, 0.1) is 0 Å². The third-order valence-corrected chi connectivity index (χ3v) is 2.74. The van der Waals surface area contributed by atoms with Crippen LogP contribution in [-0.4, -0.2) is 59.1 Å². The fraction of sp³-hybridized carbons (Fsp3) is 0. The van der Waals surface area contributed by atoms with Crippen molar-refractivity contribution in [3.63, 3.8) is 0 Å². The van der Waals surface area contributed by atoms with Crippen molar-refractivity contribution in [2.75, 3.05) is 0 Å². The summed E-state index contributed by atoms with van der Waals surface area (Å²) in [5.41, 5.74) is 0. The average Bonchev–Trinajstić information content (AvgIpc) is 2.21. The van der Waals surface area contributed by atoms with E-state index >= 15 is 0 Å². The van der Waals surface area contributed by atoms with Crippen LogP contribution in [0.15, 0.2) is 70.5 Å². The first-order valence-corrected chi connectivity index (χ1v) is 5.05. The molecule has 0 N–H and O–H groups in total. The minimum Gasteiger partial charge on any atom is -0.0901 e. The summed E-state index contributed by atoms with van der Waals surface area (Å²) in [6.45, 7) is 0. The first-order valence-electron chi connectivity index (χ1n) is 4.23. The Kier molecular flexibility index (Phi) is 9.35. The average molecular weight is 232 g/mol. The van der Waals surface area contributed by atoms with Crippen LogP contribution >= 0.6 is 11.8 Å². The van der Waals surface area contributed by atoms with Gasteiger partial charge in [-0.05, 0) is 24.3 Å². The Morgan fingerprint density at radius 3 is 1.20 bits per heavy atom. The van der Waals surface area contributed by atoms with Crippen LogP contribution in [-0.2, 0) is 0 Å². The number of hydrogen-bond acceptors (Lipinski definition) is 1. The van der Waals surface area contributed by atoms with Gasteiger partial charge in [0.25, 0.3) is 0 Å². The van der Waals surface area contributed by atoms with E-state index in [0.29, 0.717) is 0 Å². The second kappa shape index (κ2) is 8.89. The van der Waals surface area contributed by atoms with E-state index in [4.69, 9.17) is 0 Å². The molecule has 2 aromatic rings. The summed E-state index contributed by atoms with van der Waals surface area (Å²) >= 11 is 1.79. The minimum absolute atomic E-state index is 0.